The van der Waals surface area contributed by atoms with Gasteiger partial charge in [0, 0.05) is 10.2 Å². The summed E-state index contributed by atoms with van der Waals surface area (Å²) in [6.07, 6.45) is 0.127. The highest BCUT2D eigenvalue weighted by atomic mass is 79.9. The molecule has 2 amide bonds. The van der Waals surface area contributed by atoms with Crippen LogP contribution in [0.5, 0.6) is 5.75 Å². The fourth-order valence-corrected chi connectivity index (χ4v) is 2.12. The first kappa shape index (κ1) is 15.4. The van der Waals surface area contributed by atoms with Crippen molar-refractivity contribution in [2.24, 2.45) is 0 Å². The van der Waals surface area contributed by atoms with E-state index in [0.717, 1.165) is 15.9 Å². The van der Waals surface area contributed by atoms with Gasteiger partial charge in [0.1, 0.15) is 5.75 Å². The summed E-state index contributed by atoms with van der Waals surface area (Å²) in [5, 5.41) is 5.55. The Kier molecular flexibility index (Phi) is 5.22. The summed E-state index contributed by atoms with van der Waals surface area (Å²) in [7, 11) is 0. The van der Waals surface area contributed by atoms with Crippen LogP contribution in [-0.2, 0) is 0 Å². The van der Waals surface area contributed by atoms with Gasteiger partial charge in [0.05, 0.1) is 11.8 Å². The first-order chi connectivity index (χ1) is 10.0. The minimum absolute atomic E-state index is 0.127. The van der Waals surface area contributed by atoms with Gasteiger partial charge in [-0.05, 0) is 66.2 Å². The molecule has 2 rings (SSSR count). The predicted octanol–water partition coefficient (Wildman–Crippen LogP) is 4.88. The molecule has 21 heavy (non-hydrogen) atoms. The molecule has 0 aromatic heterocycles. The smallest absolute Gasteiger partial charge is 0.323 e. The molecule has 0 radical (unpaired) electrons. The van der Waals surface area contributed by atoms with Crippen molar-refractivity contribution < 1.29 is 9.53 Å². The number of halogens is 1. The zero-order valence-corrected chi connectivity index (χ0v) is 13.5. The van der Waals surface area contributed by atoms with E-state index in [0.29, 0.717) is 5.69 Å². The number of rotatable bonds is 4. The molecule has 0 bridgehead atoms. The van der Waals surface area contributed by atoms with E-state index >= 15 is 0 Å². The Morgan fingerprint density at radius 2 is 1.71 bits per heavy atom. The molecule has 5 heteroatoms. The number of benzene rings is 2. The maximum Gasteiger partial charge on any atom is 0.323 e. The Morgan fingerprint density at radius 1 is 1.05 bits per heavy atom. The summed E-state index contributed by atoms with van der Waals surface area (Å²) in [6.45, 7) is 3.94. The Bertz CT molecular complexity index is 612. The topological polar surface area (TPSA) is 50.4 Å². The summed E-state index contributed by atoms with van der Waals surface area (Å²) in [5.74, 6) is 0.779. The molecule has 0 saturated heterocycles. The second-order valence-electron chi connectivity index (χ2n) is 4.75. The third kappa shape index (κ3) is 4.79. The summed E-state index contributed by atoms with van der Waals surface area (Å²) < 4.78 is 6.39. The van der Waals surface area contributed by atoms with E-state index in [1.165, 1.54) is 0 Å². The SMILES string of the molecule is CC(C)Oc1ccc(NC(=O)Nc2ccccc2Br)cc1. The van der Waals surface area contributed by atoms with E-state index in [2.05, 4.69) is 26.6 Å². The third-order valence-corrected chi connectivity index (χ3v) is 3.30. The Balaban J connectivity index is 1.95. The first-order valence-electron chi connectivity index (χ1n) is 6.64. The van der Waals surface area contributed by atoms with E-state index in [9.17, 15) is 4.79 Å². The van der Waals surface area contributed by atoms with Gasteiger partial charge in [-0.1, -0.05) is 12.1 Å². The summed E-state index contributed by atoms with van der Waals surface area (Å²) >= 11 is 3.38. The average molecular weight is 349 g/mol. The predicted molar refractivity (Wildman–Crippen MR) is 89.0 cm³/mol. The molecule has 0 fully saturated rings. The van der Waals surface area contributed by atoms with Crippen molar-refractivity contribution in [3.05, 3.63) is 53.0 Å². The lowest BCUT2D eigenvalue weighted by Gasteiger charge is -2.11. The van der Waals surface area contributed by atoms with Gasteiger partial charge < -0.3 is 15.4 Å². The van der Waals surface area contributed by atoms with Crippen LogP contribution >= 0.6 is 15.9 Å². The Hall–Kier alpha value is -2.01. The van der Waals surface area contributed by atoms with Gasteiger partial charge in [-0.15, -0.1) is 0 Å². The summed E-state index contributed by atoms with van der Waals surface area (Å²) in [5.41, 5.74) is 1.42. The van der Waals surface area contributed by atoms with E-state index in [1.807, 2.05) is 50.2 Å². The number of carbonyl (C=O) groups is 1. The lowest BCUT2D eigenvalue weighted by atomic mass is 10.3. The van der Waals surface area contributed by atoms with Crippen LogP contribution in [0.15, 0.2) is 53.0 Å². The van der Waals surface area contributed by atoms with Crippen LogP contribution in [0.25, 0.3) is 0 Å². The monoisotopic (exact) mass is 348 g/mol. The number of carbonyl (C=O) groups excluding carboxylic acids is 1. The third-order valence-electron chi connectivity index (χ3n) is 2.61. The number of ether oxygens (including phenoxy) is 1. The number of urea groups is 1. The zero-order chi connectivity index (χ0) is 15.2. The molecule has 0 heterocycles. The first-order valence-corrected chi connectivity index (χ1v) is 7.43. The van der Waals surface area contributed by atoms with Crippen molar-refractivity contribution in [3.8, 4) is 5.75 Å². The summed E-state index contributed by atoms with van der Waals surface area (Å²) in [6, 6.07) is 14.4. The number of anilines is 2. The van der Waals surface area contributed by atoms with Crippen LogP contribution in [0, 0.1) is 0 Å². The number of nitrogens with one attached hydrogen (secondary N) is 2. The van der Waals surface area contributed by atoms with Crippen LogP contribution < -0.4 is 15.4 Å². The lowest BCUT2D eigenvalue weighted by molar-refractivity contribution is 0.242. The Labute approximate surface area is 132 Å². The molecule has 0 unspecified atom stereocenters. The van der Waals surface area contributed by atoms with E-state index in [-0.39, 0.29) is 12.1 Å². The van der Waals surface area contributed by atoms with Crippen molar-refractivity contribution in [2.75, 3.05) is 10.6 Å². The molecule has 0 atom stereocenters. The van der Waals surface area contributed by atoms with Crippen LogP contribution in [-0.4, -0.2) is 12.1 Å². The molecular formula is C16H17BrN2O2. The van der Waals surface area contributed by atoms with Crippen molar-refractivity contribution in [1.82, 2.24) is 0 Å². The summed E-state index contributed by atoms with van der Waals surface area (Å²) in [4.78, 5) is 11.9. The van der Waals surface area contributed by atoms with Gasteiger partial charge in [0.25, 0.3) is 0 Å². The average Bonchev–Trinajstić information content (AvgIpc) is 2.43. The minimum atomic E-state index is -0.292. The maximum atomic E-state index is 11.9. The van der Waals surface area contributed by atoms with E-state index in [4.69, 9.17) is 4.74 Å². The van der Waals surface area contributed by atoms with Gasteiger partial charge in [-0.25, -0.2) is 4.79 Å². The van der Waals surface area contributed by atoms with Crippen LogP contribution in [0.4, 0.5) is 16.2 Å². The number of amides is 2. The molecule has 0 aliphatic carbocycles. The maximum absolute atomic E-state index is 11.9. The zero-order valence-electron chi connectivity index (χ0n) is 11.9. The largest absolute Gasteiger partial charge is 0.491 e. The van der Waals surface area contributed by atoms with Crippen molar-refractivity contribution in [1.29, 1.82) is 0 Å². The molecule has 0 aliphatic heterocycles. The number of para-hydroxylation sites is 1. The normalized spacial score (nSPS) is 10.3. The van der Waals surface area contributed by atoms with Gasteiger partial charge in [-0.2, -0.15) is 0 Å². The van der Waals surface area contributed by atoms with Crippen LogP contribution in [0.3, 0.4) is 0 Å². The number of hydrogen-bond acceptors (Lipinski definition) is 2. The van der Waals surface area contributed by atoms with Crippen LogP contribution in [0.1, 0.15) is 13.8 Å². The highest BCUT2D eigenvalue weighted by molar-refractivity contribution is 9.10. The second kappa shape index (κ2) is 7.13. The lowest BCUT2D eigenvalue weighted by Crippen LogP contribution is -2.19. The molecule has 2 N–H and O–H groups in total. The van der Waals surface area contributed by atoms with Crippen molar-refractivity contribution in [3.63, 3.8) is 0 Å². The Morgan fingerprint density at radius 3 is 2.33 bits per heavy atom. The molecule has 4 nitrogen and oxygen atoms in total. The standard InChI is InChI=1S/C16H17BrN2O2/c1-11(2)21-13-9-7-12(8-10-13)18-16(20)19-15-6-4-3-5-14(15)17/h3-11H,1-2H3,(H2,18,19,20). The van der Waals surface area contributed by atoms with Gasteiger partial charge >= 0.3 is 6.03 Å². The highest BCUT2D eigenvalue weighted by Gasteiger charge is 2.05. The van der Waals surface area contributed by atoms with E-state index in [1.54, 1.807) is 12.1 Å². The minimum Gasteiger partial charge on any atom is -0.491 e. The fraction of sp³-hybridized carbons (Fsp3) is 0.188. The van der Waals surface area contributed by atoms with Crippen LogP contribution in [0.2, 0.25) is 0 Å². The highest BCUT2D eigenvalue weighted by Crippen LogP contribution is 2.22. The fourth-order valence-electron chi connectivity index (χ4n) is 1.74. The van der Waals surface area contributed by atoms with E-state index < -0.39 is 0 Å². The van der Waals surface area contributed by atoms with Gasteiger partial charge in [-0.3, -0.25) is 0 Å². The quantitative estimate of drug-likeness (QED) is 0.827. The second-order valence-corrected chi connectivity index (χ2v) is 5.60. The molecule has 2 aromatic carbocycles. The van der Waals surface area contributed by atoms with Crippen molar-refractivity contribution >= 4 is 33.3 Å². The van der Waals surface area contributed by atoms with Gasteiger partial charge in [0.2, 0.25) is 0 Å². The van der Waals surface area contributed by atoms with Crippen molar-refractivity contribution in [2.45, 2.75) is 20.0 Å². The molecule has 110 valence electrons. The molecule has 0 spiro atoms. The molecular weight excluding hydrogens is 332 g/mol. The molecule has 0 saturated carbocycles. The molecule has 2 aromatic rings. The molecule has 0 aliphatic rings. The van der Waals surface area contributed by atoms with Gasteiger partial charge in [0.15, 0.2) is 0 Å². The number of hydrogen-bond donors (Lipinski definition) is 2.